The molecule has 2 amide bonds. The molecule has 0 heterocycles. The van der Waals surface area contributed by atoms with Crippen LogP contribution < -0.4 is 10.6 Å². The molecule has 1 rings (SSSR count). The van der Waals surface area contributed by atoms with Crippen LogP contribution in [0.25, 0.3) is 0 Å². The van der Waals surface area contributed by atoms with Crippen LogP contribution in [-0.2, 0) is 4.79 Å². The molecule has 1 atom stereocenters. The van der Waals surface area contributed by atoms with E-state index in [1.165, 1.54) is 19.1 Å². The molecule has 0 aliphatic rings. The van der Waals surface area contributed by atoms with Crippen molar-refractivity contribution in [2.75, 3.05) is 5.32 Å². The third-order valence-electron chi connectivity index (χ3n) is 1.90. The number of carbonyl (C=O) groups excluding carboxylic acids is 1. The molecule has 0 aliphatic carbocycles. The maximum atomic E-state index is 13.3. The molecule has 0 saturated carbocycles. The molecule has 0 bridgehead atoms. The van der Waals surface area contributed by atoms with Gasteiger partial charge < -0.3 is 15.7 Å². The first kappa shape index (κ1) is 13.2. The van der Waals surface area contributed by atoms with Crippen LogP contribution in [0.5, 0.6) is 0 Å². The predicted molar refractivity (Wildman–Crippen MR) is 60.7 cm³/mol. The molecular weight excluding hydrogens is 251 g/mol. The van der Waals surface area contributed by atoms with Crippen molar-refractivity contribution in [3.8, 4) is 0 Å². The molecular formula is C10H10ClFN2O3. The van der Waals surface area contributed by atoms with Gasteiger partial charge in [0.1, 0.15) is 11.9 Å². The summed E-state index contributed by atoms with van der Waals surface area (Å²) >= 11 is 5.53. The van der Waals surface area contributed by atoms with E-state index in [1.54, 1.807) is 0 Å². The lowest BCUT2D eigenvalue weighted by molar-refractivity contribution is -0.138. The van der Waals surface area contributed by atoms with Crippen LogP contribution in [0, 0.1) is 5.82 Å². The highest BCUT2D eigenvalue weighted by Crippen LogP contribution is 2.18. The van der Waals surface area contributed by atoms with E-state index in [-0.39, 0.29) is 10.7 Å². The number of carboxylic acid groups (broad SMARTS) is 1. The average Bonchev–Trinajstić information content (AvgIpc) is 2.22. The zero-order chi connectivity index (χ0) is 13.0. The number of hydrogen-bond acceptors (Lipinski definition) is 2. The van der Waals surface area contributed by atoms with Crippen molar-refractivity contribution in [2.45, 2.75) is 13.0 Å². The van der Waals surface area contributed by atoms with Crippen LogP contribution in [0.1, 0.15) is 6.92 Å². The van der Waals surface area contributed by atoms with Crippen molar-refractivity contribution in [1.82, 2.24) is 5.32 Å². The lowest BCUT2D eigenvalue weighted by Crippen LogP contribution is -2.41. The summed E-state index contributed by atoms with van der Waals surface area (Å²) in [5.41, 5.74) is -0.0792. The Hall–Kier alpha value is -1.82. The number of halogens is 2. The second-order valence-corrected chi connectivity index (χ2v) is 3.72. The van der Waals surface area contributed by atoms with Crippen LogP contribution in [0.4, 0.5) is 14.9 Å². The van der Waals surface area contributed by atoms with Crippen LogP contribution in [-0.4, -0.2) is 23.1 Å². The third-order valence-corrected chi connectivity index (χ3v) is 2.13. The normalized spacial score (nSPS) is 11.7. The van der Waals surface area contributed by atoms with E-state index >= 15 is 0 Å². The van der Waals surface area contributed by atoms with Gasteiger partial charge in [-0.15, -0.1) is 0 Å². The number of amides is 2. The molecule has 5 nitrogen and oxygen atoms in total. The standard InChI is InChI=1S/C10H10ClFN2O3/c1-5(9(15)16)13-10(17)14-8-3-2-6(11)4-7(8)12/h2-5H,1H3,(H,15,16)(H2,13,14,17). The Balaban J connectivity index is 2.65. The summed E-state index contributed by atoms with van der Waals surface area (Å²) in [6, 6.07) is 1.85. The number of hydrogen-bond donors (Lipinski definition) is 3. The maximum Gasteiger partial charge on any atom is 0.325 e. The minimum atomic E-state index is -1.18. The van der Waals surface area contributed by atoms with Gasteiger partial charge in [0.05, 0.1) is 5.69 Å². The molecule has 0 spiro atoms. The Morgan fingerprint density at radius 1 is 1.47 bits per heavy atom. The zero-order valence-corrected chi connectivity index (χ0v) is 9.58. The van der Waals surface area contributed by atoms with Crippen molar-refractivity contribution in [3.05, 3.63) is 29.0 Å². The highest BCUT2D eigenvalue weighted by Gasteiger charge is 2.14. The first-order valence-corrected chi connectivity index (χ1v) is 5.03. The van der Waals surface area contributed by atoms with Crippen molar-refractivity contribution in [1.29, 1.82) is 0 Å². The van der Waals surface area contributed by atoms with Gasteiger partial charge in [0.25, 0.3) is 0 Å². The molecule has 1 aromatic rings. The summed E-state index contributed by atoms with van der Waals surface area (Å²) in [5.74, 6) is -1.88. The topological polar surface area (TPSA) is 78.4 Å². The highest BCUT2D eigenvalue weighted by molar-refractivity contribution is 6.30. The number of urea groups is 1. The van der Waals surface area contributed by atoms with Gasteiger partial charge in [0, 0.05) is 5.02 Å². The monoisotopic (exact) mass is 260 g/mol. The fourth-order valence-corrected chi connectivity index (χ4v) is 1.17. The van der Waals surface area contributed by atoms with E-state index in [4.69, 9.17) is 16.7 Å². The Bertz CT molecular complexity index is 453. The summed E-state index contributed by atoms with van der Waals surface area (Å²) in [6.07, 6.45) is 0. The van der Waals surface area contributed by atoms with Crippen molar-refractivity contribution >= 4 is 29.3 Å². The van der Waals surface area contributed by atoms with Gasteiger partial charge >= 0.3 is 12.0 Å². The minimum Gasteiger partial charge on any atom is -0.480 e. The van der Waals surface area contributed by atoms with Crippen LogP contribution in [0.3, 0.4) is 0 Å². The van der Waals surface area contributed by atoms with Gasteiger partial charge in [-0.1, -0.05) is 11.6 Å². The number of anilines is 1. The highest BCUT2D eigenvalue weighted by atomic mass is 35.5. The van der Waals surface area contributed by atoms with E-state index in [2.05, 4.69) is 10.6 Å². The molecule has 7 heteroatoms. The molecule has 0 saturated heterocycles. The molecule has 0 radical (unpaired) electrons. The summed E-state index contributed by atoms with van der Waals surface area (Å²) in [5, 5.41) is 13.1. The SMILES string of the molecule is CC(NC(=O)Nc1ccc(Cl)cc1F)C(=O)O. The van der Waals surface area contributed by atoms with Gasteiger partial charge in [-0.3, -0.25) is 4.79 Å². The fourth-order valence-electron chi connectivity index (χ4n) is 1.01. The van der Waals surface area contributed by atoms with Gasteiger partial charge in [0.2, 0.25) is 0 Å². The number of carbonyl (C=O) groups is 2. The van der Waals surface area contributed by atoms with Crippen molar-refractivity contribution in [2.24, 2.45) is 0 Å². The number of benzene rings is 1. The quantitative estimate of drug-likeness (QED) is 0.778. The van der Waals surface area contributed by atoms with E-state index in [0.29, 0.717) is 0 Å². The number of nitrogens with one attached hydrogen (secondary N) is 2. The molecule has 3 N–H and O–H groups in total. The fraction of sp³-hybridized carbons (Fsp3) is 0.200. The molecule has 92 valence electrons. The van der Waals surface area contributed by atoms with Crippen LogP contribution >= 0.6 is 11.6 Å². The van der Waals surface area contributed by atoms with Crippen LogP contribution in [0.2, 0.25) is 5.02 Å². The second-order valence-electron chi connectivity index (χ2n) is 3.28. The van der Waals surface area contributed by atoms with E-state index in [1.807, 2.05) is 0 Å². The summed E-state index contributed by atoms with van der Waals surface area (Å²) in [6.45, 7) is 1.29. The molecule has 0 fully saturated rings. The first-order valence-electron chi connectivity index (χ1n) is 4.65. The van der Waals surface area contributed by atoms with E-state index < -0.39 is 23.9 Å². The maximum absolute atomic E-state index is 13.3. The molecule has 1 aromatic carbocycles. The molecule has 0 aliphatic heterocycles. The van der Waals surface area contributed by atoms with Crippen LogP contribution in [0.15, 0.2) is 18.2 Å². The van der Waals surface area contributed by atoms with Gasteiger partial charge in [0.15, 0.2) is 0 Å². The van der Waals surface area contributed by atoms with Crippen molar-refractivity contribution < 1.29 is 19.1 Å². The lowest BCUT2D eigenvalue weighted by Gasteiger charge is -2.11. The van der Waals surface area contributed by atoms with Gasteiger partial charge in [-0.25, -0.2) is 9.18 Å². The Morgan fingerprint density at radius 2 is 2.12 bits per heavy atom. The first-order chi connectivity index (χ1) is 7.90. The Morgan fingerprint density at radius 3 is 2.65 bits per heavy atom. The Kier molecular flexibility index (Phi) is 4.28. The van der Waals surface area contributed by atoms with Crippen molar-refractivity contribution in [3.63, 3.8) is 0 Å². The minimum absolute atomic E-state index is 0.0792. The van der Waals surface area contributed by atoms with Gasteiger partial charge in [-0.05, 0) is 25.1 Å². The van der Waals surface area contributed by atoms with Gasteiger partial charge in [-0.2, -0.15) is 0 Å². The number of carboxylic acids is 1. The Labute approximate surface area is 102 Å². The smallest absolute Gasteiger partial charge is 0.325 e. The average molecular weight is 261 g/mol. The molecule has 17 heavy (non-hydrogen) atoms. The van der Waals surface area contributed by atoms with E-state index in [9.17, 15) is 14.0 Å². The lowest BCUT2D eigenvalue weighted by atomic mass is 10.3. The van der Waals surface area contributed by atoms with E-state index in [0.717, 1.165) is 6.07 Å². The largest absolute Gasteiger partial charge is 0.480 e. The molecule has 1 unspecified atom stereocenters. The number of rotatable bonds is 3. The summed E-state index contributed by atoms with van der Waals surface area (Å²) < 4.78 is 13.3. The second kappa shape index (κ2) is 5.49. The number of aliphatic carboxylic acids is 1. The zero-order valence-electron chi connectivity index (χ0n) is 8.83. The summed E-state index contributed by atoms with van der Waals surface area (Å²) in [7, 11) is 0. The molecule has 0 aromatic heterocycles. The predicted octanol–water partition coefficient (Wildman–Crippen LogP) is 2.07. The summed E-state index contributed by atoms with van der Waals surface area (Å²) in [4.78, 5) is 21.7. The third kappa shape index (κ3) is 3.92.